The Bertz CT molecular complexity index is 1070. The summed E-state index contributed by atoms with van der Waals surface area (Å²) in [7, 11) is 0. The normalized spacial score (nSPS) is 16.3. The van der Waals surface area contributed by atoms with Crippen LogP contribution in [0.5, 0.6) is 0 Å². The summed E-state index contributed by atoms with van der Waals surface area (Å²) in [6, 6.07) is 13.8. The van der Waals surface area contributed by atoms with Crippen molar-refractivity contribution in [3.8, 4) is 23.1 Å². The molecule has 0 N–H and O–H groups in total. The van der Waals surface area contributed by atoms with E-state index in [-0.39, 0.29) is 6.10 Å². The van der Waals surface area contributed by atoms with Crippen LogP contribution in [-0.4, -0.2) is 30.1 Å². The molecule has 4 heterocycles. The highest BCUT2D eigenvalue weighted by atomic mass is 16.5. The molecule has 27 heavy (non-hydrogen) atoms. The molecule has 0 fully saturated rings. The molecule has 0 spiro atoms. The van der Waals surface area contributed by atoms with E-state index in [0.29, 0.717) is 36.3 Å². The Balaban J connectivity index is 1.42. The molecule has 0 amide bonds. The van der Waals surface area contributed by atoms with Gasteiger partial charge in [0, 0.05) is 6.20 Å². The molecule has 0 aliphatic carbocycles. The molecular formula is C19H16N6O2. The number of benzene rings is 1. The molecule has 4 aromatic rings. The van der Waals surface area contributed by atoms with Gasteiger partial charge in [-0.3, -0.25) is 4.98 Å². The van der Waals surface area contributed by atoms with E-state index in [1.165, 1.54) is 5.56 Å². The van der Waals surface area contributed by atoms with E-state index in [1.54, 1.807) is 6.20 Å². The van der Waals surface area contributed by atoms with Gasteiger partial charge in [-0.25, -0.2) is 4.68 Å². The number of ether oxygens (including phenoxy) is 1. The van der Waals surface area contributed by atoms with E-state index in [9.17, 15) is 0 Å². The van der Waals surface area contributed by atoms with E-state index in [0.717, 1.165) is 11.3 Å². The van der Waals surface area contributed by atoms with Crippen LogP contribution >= 0.6 is 0 Å². The summed E-state index contributed by atoms with van der Waals surface area (Å²) in [6.45, 7) is 3.04. The Morgan fingerprint density at radius 3 is 2.81 bits per heavy atom. The van der Waals surface area contributed by atoms with Gasteiger partial charge in [-0.2, -0.15) is 4.98 Å². The number of aryl methyl sites for hydroxylation is 1. The minimum Gasteiger partial charge on any atom is -0.365 e. The lowest BCUT2D eigenvalue weighted by molar-refractivity contribution is -0.00112. The van der Waals surface area contributed by atoms with E-state index in [1.807, 2.05) is 22.9 Å². The highest BCUT2D eigenvalue weighted by Gasteiger charge is 2.27. The number of rotatable bonds is 3. The van der Waals surface area contributed by atoms with Crippen LogP contribution in [0.3, 0.4) is 0 Å². The van der Waals surface area contributed by atoms with Gasteiger partial charge >= 0.3 is 0 Å². The maximum Gasteiger partial charge on any atom is 0.276 e. The number of hydrogen-bond donors (Lipinski definition) is 0. The van der Waals surface area contributed by atoms with Crippen LogP contribution < -0.4 is 0 Å². The minimum atomic E-state index is -0.0537. The van der Waals surface area contributed by atoms with E-state index >= 15 is 0 Å². The Morgan fingerprint density at radius 1 is 1.11 bits per heavy atom. The topological polar surface area (TPSA) is 91.8 Å². The molecule has 0 saturated carbocycles. The maximum absolute atomic E-state index is 6.04. The molecule has 1 aliphatic rings. The second-order valence-corrected chi connectivity index (χ2v) is 6.42. The van der Waals surface area contributed by atoms with Crippen molar-refractivity contribution in [2.24, 2.45) is 0 Å². The smallest absolute Gasteiger partial charge is 0.276 e. The maximum atomic E-state index is 6.04. The zero-order valence-corrected chi connectivity index (χ0v) is 14.6. The van der Waals surface area contributed by atoms with Crippen molar-refractivity contribution in [2.75, 3.05) is 0 Å². The number of fused-ring (bicyclic) bond motifs is 1. The molecule has 0 bridgehead atoms. The second kappa shape index (κ2) is 6.40. The van der Waals surface area contributed by atoms with Gasteiger partial charge in [0.1, 0.15) is 11.8 Å². The summed E-state index contributed by atoms with van der Waals surface area (Å²) in [5.74, 6) is 0.732. The fraction of sp³-hybridized carbons (Fsp3) is 0.211. The van der Waals surface area contributed by atoms with Crippen LogP contribution in [0.25, 0.3) is 23.1 Å². The van der Waals surface area contributed by atoms with Crippen LogP contribution in [0, 0.1) is 6.92 Å². The Morgan fingerprint density at radius 2 is 2.00 bits per heavy atom. The molecular weight excluding hydrogens is 344 g/mol. The van der Waals surface area contributed by atoms with Gasteiger partial charge in [0.15, 0.2) is 5.69 Å². The fourth-order valence-electron chi connectivity index (χ4n) is 3.08. The Labute approximate surface area is 154 Å². The first-order valence-electron chi connectivity index (χ1n) is 8.64. The van der Waals surface area contributed by atoms with Crippen LogP contribution in [0.1, 0.15) is 22.9 Å². The quantitative estimate of drug-likeness (QED) is 0.554. The lowest BCUT2D eigenvalue weighted by atomic mass is 10.1. The summed E-state index contributed by atoms with van der Waals surface area (Å²) in [5, 5.41) is 12.5. The lowest BCUT2D eigenvalue weighted by Crippen LogP contribution is -2.22. The van der Waals surface area contributed by atoms with Crippen molar-refractivity contribution in [1.82, 2.24) is 30.1 Å². The molecule has 1 aliphatic heterocycles. The van der Waals surface area contributed by atoms with Crippen LogP contribution in [-0.2, 0) is 17.9 Å². The van der Waals surface area contributed by atoms with E-state index in [4.69, 9.17) is 9.26 Å². The molecule has 134 valence electrons. The van der Waals surface area contributed by atoms with Crippen LogP contribution in [0.2, 0.25) is 0 Å². The first-order chi connectivity index (χ1) is 13.3. The van der Waals surface area contributed by atoms with Crippen molar-refractivity contribution in [3.63, 3.8) is 0 Å². The molecule has 3 aromatic heterocycles. The van der Waals surface area contributed by atoms with Crippen molar-refractivity contribution in [3.05, 3.63) is 65.5 Å². The Hall–Kier alpha value is -3.39. The third kappa shape index (κ3) is 2.89. The first-order valence-corrected chi connectivity index (χ1v) is 8.64. The number of nitrogens with zero attached hydrogens (tertiary/aromatic N) is 6. The predicted molar refractivity (Wildman–Crippen MR) is 95.3 cm³/mol. The predicted octanol–water partition coefficient (Wildman–Crippen LogP) is 2.97. The number of hydrogen-bond acceptors (Lipinski definition) is 7. The molecule has 1 atom stereocenters. The summed E-state index contributed by atoms with van der Waals surface area (Å²) in [4.78, 5) is 8.62. The average molecular weight is 360 g/mol. The van der Waals surface area contributed by atoms with Gasteiger partial charge in [-0.1, -0.05) is 46.3 Å². The van der Waals surface area contributed by atoms with Crippen molar-refractivity contribution < 1.29 is 9.26 Å². The van der Waals surface area contributed by atoms with Gasteiger partial charge in [0.05, 0.1) is 18.8 Å². The second-order valence-electron chi connectivity index (χ2n) is 6.42. The summed E-state index contributed by atoms with van der Waals surface area (Å²) in [5.41, 5.74) is 4.38. The van der Waals surface area contributed by atoms with E-state index < -0.39 is 0 Å². The van der Waals surface area contributed by atoms with Gasteiger partial charge in [0.25, 0.3) is 5.89 Å². The van der Waals surface area contributed by atoms with Gasteiger partial charge in [-0.05, 0) is 24.6 Å². The van der Waals surface area contributed by atoms with Crippen molar-refractivity contribution in [1.29, 1.82) is 0 Å². The number of aromatic nitrogens is 6. The zero-order chi connectivity index (χ0) is 18.2. The minimum absolute atomic E-state index is 0.0537. The summed E-state index contributed by atoms with van der Waals surface area (Å²) < 4.78 is 13.2. The third-order valence-electron chi connectivity index (χ3n) is 4.57. The summed E-state index contributed by atoms with van der Waals surface area (Å²) >= 11 is 0. The SMILES string of the molecule is Cc1ccc(C2Cn3nnc(-c4noc(-c5ccccn5)n4)c3CO2)cc1. The fourth-order valence-corrected chi connectivity index (χ4v) is 3.08. The van der Waals surface area contributed by atoms with Crippen molar-refractivity contribution in [2.45, 2.75) is 26.2 Å². The van der Waals surface area contributed by atoms with Crippen LogP contribution in [0.15, 0.2) is 53.2 Å². The standard InChI is InChI=1S/C19H16N6O2/c1-12-5-7-13(8-6-12)16-10-25-15(11-26-16)17(22-24-25)18-21-19(27-23-18)14-4-2-3-9-20-14/h2-9,16H,10-11H2,1H3. The monoisotopic (exact) mass is 360 g/mol. The molecule has 5 rings (SSSR count). The van der Waals surface area contributed by atoms with Crippen molar-refractivity contribution >= 4 is 0 Å². The largest absolute Gasteiger partial charge is 0.365 e. The van der Waals surface area contributed by atoms with Gasteiger partial charge in [-0.15, -0.1) is 5.10 Å². The molecule has 1 unspecified atom stereocenters. The first kappa shape index (κ1) is 15.8. The summed E-state index contributed by atoms with van der Waals surface area (Å²) in [6.07, 6.45) is 1.63. The van der Waals surface area contributed by atoms with E-state index in [2.05, 4.69) is 56.6 Å². The van der Waals surface area contributed by atoms with Gasteiger partial charge < -0.3 is 9.26 Å². The molecule has 1 aromatic carbocycles. The average Bonchev–Trinajstić information content (AvgIpc) is 3.36. The highest BCUT2D eigenvalue weighted by Crippen LogP contribution is 2.30. The van der Waals surface area contributed by atoms with Crippen LogP contribution in [0.4, 0.5) is 0 Å². The molecule has 8 heteroatoms. The van der Waals surface area contributed by atoms with Gasteiger partial charge in [0.2, 0.25) is 5.82 Å². The molecule has 0 radical (unpaired) electrons. The Kier molecular flexibility index (Phi) is 3.75. The zero-order valence-electron chi connectivity index (χ0n) is 14.6. The highest BCUT2D eigenvalue weighted by molar-refractivity contribution is 5.55. The molecule has 8 nitrogen and oxygen atoms in total. The lowest BCUT2D eigenvalue weighted by Gasteiger charge is -2.24. The third-order valence-corrected chi connectivity index (χ3v) is 4.57. The molecule has 0 saturated heterocycles. The number of pyridine rings is 1.